The third-order valence-electron chi connectivity index (χ3n) is 1.35. The molecule has 0 N–H and O–H groups in total. The van der Waals surface area contributed by atoms with E-state index in [9.17, 15) is 8.78 Å². The van der Waals surface area contributed by atoms with Crippen LogP contribution >= 0.6 is 11.6 Å². The molecule has 1 rings (SSSR count). The van der Waals surface area contributed by atoms with Crippen LogP contribution in [0.15, 0.2) is 18.2 Å². The molecule has 0 saturated heterocycles. The predicted molar refractivity (Wildman–Crippen MR) is 46.3 cm³/mol. The van der Waals surface area contributed by atoms with Gasteiger partial charge in [0, 0.05) is 5.02 Å². The molecule has 5 heteroatoms. The Labute approximate surface area is 74.7 Å². The highest BCUT2D eigenvalue weighted by atomic mass is 35.5. The number of rotatable bonds is 2. The van der Waals surface area contributed by atoms with Crippen molar-refractivity contribution >= 4 is 24.9 Å². The fraction of sp³-hybridized carbons (Fsp3) is 0.143. The third kappa shape index (κ3) is 2.38. The molecule has 0 aromatic heterocycles. The van der Waals surface area contributed by atoms with Crippen LogP contribution in [0.3, 0.4) is 0 Å². The van der Waals surface area contributed by atoms with Crippen molar-refractivity contribution in [1.82, 2.24) is 0 Å². The minimum Gasteiger partial charge on any atom is -0.435 e. The van der Waals surface area contributed by atoms with E-state index in [1.54, 1.807) is 7.85 Å². The van der Waals surface area contributed by atoms with Crippen molar-refractivity contribution in [2.24, 2.45) is 0 Å². The van der Waals surface area contributed by atoms with Gasteiger partial charge >= 0.3 is 6.61 Å². The van der Waals surface area contributed by atoms with Crippen LogP contribution in [-0.2, 0) is 0 Å². The molecular formula is C7H6BClF2O. The molecule has 0 saturated carbocycles. The van der Waals surface area contributed by atoms with E-state index >= 15 is 0 Å². The Morgan fingerprint density at radius 3 is 2.58 bits per heavy atom. The van der Waals surface area contributed by atoms with Gasteiger partial charge in [0.05, 0.1) is 0 Å². The van der Waals surface area contributed by atoms with Crippen LogP contribution in [-0.4, -0.2) is 14.5 Å². The molecule has 64 valence electrons. The average molecular weight is 190 g/mol. The molecule has 0 spiro atoms. The fourth-order valence-electron chi connectivity index (χ4n) is 0.793. The van der Waals surface area contributed by atoms with E-state index in [4.69, 9.17) is 11.6 Å². The van der Waals surface area contributed by atoms with E-state index in [0.717, 1.165) is 5.46 Å². The minimum absolute atomic E-state index is 0.131. The summed E-state index contributed by atoms with van der Waals surface area (Å²) >= 11 is 5.67. The topological polar surface area (TPSA) is 9.23 Å². The zero-order chi connectivity index (χ0) is 9.14. The molecule has 0 amide bonds. The first-order valence-corrected chi connectivity index (χ1v) is 3.68. The number of ether oxygens (including phenoxy) is 1. The van der Waals surface area contributed by atoms with Gasteiger partial charge in [-0.25, -0.2) is 0 Å². The summed E-state index contributed by atoms with van der Waals surface area (Å²) in [5.41, 5.74) is 0.717. The summed E-state index contributed by atoms with van der Waals surface area (Å²) in [7, 11) is 1.72. The summed E-state index contributed by atoms with van der Waals surface area (Å²) < 4.78 is 27.6. The van der Waals surface area contributed by atoms with Gasteiger partial charge in [-0.3, -0.25) is 0 Å². The Balaban J connectivity index is 2.82. The first-order chi connectivity index (χ1) is 5.59. The molecule has 0 heterocycles. The van der Waals surface area contributed by atoms with Crippen molar-refractivity contribution < 1.29 is 13.5 Å². The SMILES string of the molecule is Bc1cc(OC(F)F)ccc1Cl. The van der Waals surface area contributed by atoms with Gasteiger partial charge in [0.25, 0.3) is 0 Å². The number of halogens is 3. The van der Waals surface area contributed by atoms with Crippen LogP contribution in [0.1, 0.15) is 0 Å². The second-order valence-electron chi connectivity index (χ2n) is 2.29. The van der Waals surface area contributed by atoms with E-state index in [-0.39, 0.29) is 5.75 Å². The summed E-state index contributed by atoms with van der Waals surface area (Å²) in [4.78, 5) is 0. The maximum Gasteiger partial charge on any atom is 0.387 e. The summed E-state index contributed by atoms with van der Waals surface area (Å²) in [6.07, 6.45) is 0. The second kappa shape index (κ2) is 3.76. The predicted octanol–water partition coefficient (Wildman–Crippen LogP) is 1.20. The minimum atomic E-state index is -2.79. The lowest BCUT2D eigenvalue weighted by Gasteiger charge is -2.05. The van der Waals surface area contributed by atoms with Crippen LogP contribution in [0.2, 0.25) is 5.02 Å². The van der Waals surface area contributed by atoms with Gasteiger partial charge < -0.3 is 4.74 Å². The maximum absolute atomic E-state index is 11.7. The molecule has 0 atom stereocenters. The molecule has 1 aromatic rings. The van der Waals surface area contributed by atoms with Gasteiger partial charge in [-0.2, -0.15) is 8.78 Å². The molecular weight excluding hydrogens is 184 g/mol. The largest absolute Gasteiger partial charge is 0.435 e. The molecule has 0 aliphatic heterocycles. The number of hydrogen-bond acceptors (Lipinski definition) is 1. The highest BCUT2D eigenvalue weighted by Crippen LogP contribution is 2.15. The van der Waals surface area contributed by atoms with E-state index in [0.29, 0.717) is 5.02 Å². The first-order valence-electron chi connectivity index (χ1n) is 3.30. The fourth-order valence-corrected chi connectivity index (χ4v) is 0.911. The van der Waals surface area contributed by atoms with Crippen LogP contribution in [0.25, 0.3) is 0 Å². The first kappa shape index (κ1) is 9.32. The standard InChI is InChI=1S/C7H6BClF2O/c8-5-3-4(12-7(10)11)1-2-6(5)9/h1-3,7H,8H2. The van der Waals surface area contributed by atoms with Gasteiger partial charge in [0.1, 0.15) is 13.6 Å². The molecule has 12 heavy (non-hydrogen) atoms. The summed E-state index contributed by atoms with van der Waals surface area (Å²) in [5, 5.41) is 0.539. The molecule has 1 nitrogen and oxygen atoms in total. The molecule has 0 unspecified atom stereocenters. The Morgan fingerprint density at radius 1 is 1.42 bits per heavy atom. The number of alkyl halides is 2. The molecule has 0 aliphatic carbocycles. The quantitative estimate of drug-likeness (QED) is 0.637. The van der Waals surface area contributed by atoms with Gasteiger partial charge in [-0.1, -0.05) is 17.1 Å². The van der Waals surface area contributed by atoms with Crippen LogP contribution in [0, 0.1) is 0 Å². The van der Waals surface area contributed by atoms with E-state index < -0.39 is 6.61 Å². The van der Waals surface area contributed by atoms with Crippen molar-refractivity contribution in [1.29, 1.82) is 0 Å². The molecule has 0 fully saturated rings. The third-order valence-corrected chi connectivity index (χ3v) is 1.78. The molecule has 0 aliphatic rings. The second-order valence-corrected chi connectivity index (χ2v) is 2.70. The van der Waals surface area contributed by atoms with Gasteiger partial charge in [0.15, 0.2) is 0 Å². The Morgan fingerprint density at radius 2 is 2.08 bits per heavy atom. The van der Waals surface area contributed by atoms with Crippen molar-refractivity contribution in [3.05, 3.63) is 23.2 Å². The lowest BCUT2D eigenvalue weighted by molar-refractivity contribution is -0.0497. The Kier molecular flexibility index (Phi) is 2.92. The van der Waals surface area contributed by atoms with Crippen LogP contribution in [0.5, 0.6) is 5.75 Å². The van der Waals surface area contributed by atoms with E-state index in [1.807, 2.05) is 0 Å². The normalized spacial score (nSPS) is 10.3. The molecule has 0 radical (unpaired) electrons. The zero-order valence-electron chi connectivity index (χ0n) is 6.35. The number of benzene rings is 1. The number of hydrogen-bond donors (Lipinski definition) is 0. The van der Waals surface area contributed by atoms with Crippen LogP contribution < -0.4 is 10.2 Å². The zero-order valence-corrected chi connectivity index (χ0v) is 7.11. The highest BCUT2D eigenvalue weighted by molar-refractivity contribution is 6.45. The van der Waals surface area contributed by atoms with Crippen molar-refractivity contribution in [2.75, 3.05) is 0 Å². The smallest absolute Gasteiger partial charge is 0.387 e. The Hall–Kier alpha value is -0.765. The lowest BCUT2D eigenvalue weighted by atomic mass is 9.96. The Bertz CT molecular complexity index is 280. The molecule has 0 bridgehead atoms. The van der Waals surface area contributed by atoms with Gasteiger partial charge in [0.2, 0.25) is 0 Å². The van der Waals surface area contributed by atoms with E-state index in [2.05, 4.69) is 4.74 Å². The van der Waals surface area contributed by atoms with Crippen LogP contribution in [0.4, 0.5) is 8.78 Å². The summed E-state index contributed by atoms with van der Waals surface area (Å²) in [5.74, 6) is 0.131. The van der Waals surface area contributed by atoms with Gasteiger partial charge in [-0.15, -0.1) is 0 Å². The highest BCUT2D eigenvalue weighted by Gasteiger charge is 2.04. The molecule has 1 aromatic carbocycles. The van der Waals surface area contributed by atoms with Crippen molar-refractivity contribution in [3.8, 4) is 5.75 Å². The summed E-state index contributed by atoms with van der Waals surface area (Å²) in [6.45, 7) is -2.79. The van der Waals surface area contributed by atoms with Crippen molar-refractivity contribution in [2.45, 2.75) is 6.61 Å². The average Bonchev–Trinajstić information content (AvgIpc) is 1.96. The van der Waals surface area contributed by atoms with Crippen molar-refractivity contribution in [3.63, 3.8) is 0 Å². The maximum atomic E-state index is 11.7. The lowest BCUT2D eigenvalue weighted by Crippen LogP contribution is -2.07. The van der Waals surface area contributed by atoms with E-state index in [1.165, 1.54) is 18.2 Å². The summed E-state index contributed by atoms with van der Waals surface area (Å²) in [6, 6.07) is 4.39. The van der Waals surface area contributed by atoms with Gasteiger partial charge in [-0.05, 0) is 18.2 Å². The monoisotopic (exact) mass is 190 g/mol.